The molecule has 22 heavy (non-hydrogen) atoms. The lowest BCUT2D eigenvalue weighted by molar-refractivity contribution is 0.0164. The van der Waals surface area contributed by atoms with Crippen LogP contribution in [0.2, 0.25) is 0 Å². The van der Waals surface area contributed by atoms with Gasteiger partial charge in [-0.1, -0.05) is 0 Å². The van der Waals surface area contributed by atoms with Crippen LogP contribution in [0.1, 0.15) is 39.0 Å². The first kappa shape index (κ1) is 18.4. The first-order valence-corrected chi connectivity index (χ1v) is 7.54. The van der Waals surface area contributed by atoms with Crippen molar-refractivity contribution in [3.8, 4) is 0 Å². The van der Waals surface area contributed by atoms with Crippen molar-refractivity contribution in [1.82, 2.24) is 20.4 Å². The molecule has 1 heterocycles. The lowest BCUT2D eigenvalue weighted by Gasteiger charge is -2.28. The molecule has 0 aliphatic rings. The zero-order valence-electron chi connectivity index (χ0n) is 14.1. The van der Waals surface area contributed by atoms with Gasteiger partial charge in [-0.2, -0.15) is 5.10 Å². The number of aryl methyl sites for hydroxylation is 1. The fourth-order valence-corrected chi connectivity index (χ4v) is 1.89. The Morgan fingerprint density at radius 1 is 1.55 bits per heavy atom. The van der Waals surface area contributed by atoms with Crippen LogP contribution < -0.4 is 5.32 Å². The van der Waals surface area contributed by atoms with Gasteiger partial charge in [-0.25, -0.2) is 4.79 Å². The minimum Gasteiger partial charge on any atom is -0.444 e. The second kappa shape index (κ2) is 8.14. The summed E-state index contributed by atoms with van der Waals surface area (Å²) in [5.41, 5.74) is 1.58. The highest BCUT2D eigenvalue weighted by atomic mass is 16.6. The zero-order valence-corrected chi connectivity index (χ0v) is 14.1. The summed E-state index contributed by atoms with van der Waals surface area (Å²) in [6, 6.07) is 0. The Morgan fingerprint density at radius 3 is 2.73 bits per heavy atom. The average Bonchev–Trinajstić information content (AvgIpc) is 2.76. The van der Waals surface area contributed by atoms with E-state index < -0.39 is 17.8 Å². The van der Waals surface area contributed by atoms with Gasteiger partial charge in [-0.3, -0.25) is 5.10 Å². The molecule has 0 aliphatic heterocycles. The molecule has 3 N–H and O–H groups in total. The van der Waals surface area contributed by atoms with Crippen molar-refractivity contribution in [3.05, 3.63) is 17.5 Å². The van der Waals surface area contributed by atoms with Crippen LogP contribution in [0.15, 0.2) is 6.20 Å². The minimum atomic E-state index is -0.594. The number of carbonyl (C=O) groups is 1. The van der Waals surface area contributed by atoms with Crippen LogP contribution in [0.3, 0.4) is 0 Å². The summed E-state index contributed by atoms with van der Waals surface area (Å²) in [5.74, 6) is 0. The van der Waals surface area contributed by atoms with E-state index in [2.05, 4.69) is 15.5 Å². The molecule has 1 unspecified atom stereocenters. The molecule has 7 heteroatoms. The van der Waals surface area contributed by atoms with Crippen molar-refractivity contribution in [2.45, 2.75) is 52.9 Å². The van der Waals surface area contributed by atoms with Crippen molar-refractivity contribution in [3.63, 3.8) is 0 Å². The quantitative estimate of drug-likeness (QED) is 0.663. The summed E-state index contributed by atoms with van der Waals surface area (Å²) in [6.45, 7) is 11.1. The molecule has 0 aromatic carbocycles. The molecule has 0 bridgehead atoms. The summed E-state index contributed by atoms with van der Waals surface area (Å²) in [5, 5.41) is 19.6. The summed E-state index contributed by atoms with van der Waals surface area (Å²) in [6.07, 6.45) is 0.780. The van der Waals surface area contributed by atoms with Gasteiger partial charge >= 0.3 is 6.09 Å². The van der Waals surface area contributed by atoms with Gasteiger partial charge in [-0.15, -0.1) is 0 Å². The Morgan fingerprint density at radius 2 is 2.23 bits per heavy atom. The number of hydrogen-bond acceptors (Lipinski definition) is 5. The highest BCUT2D eigenvalue weighted by Crippen LogP contribution is 2.10. The van der Waals surface area contributed by atoms with E-state index in [1.54, 1.807) is 13.1 Å². The molecule has 0 saturated heterocycles. The Hall–Kier alpha value is -1.60. The molecule has 0 spiro atoms. The largest absolute Gasteiger partial charge is 0.444 e. The number of rotatable bonds is 7. The number of ether oxygens (including phenoxy) is 1. The molecule has 1 amide bonds. The van der Waals surface area contributed by atoms with E-state index in [1.807, 2.05) is 27.7 Å². The first-order valence-electron chi connectivity index (χ1n) is 7.54. The van der Waals surface area contributed by atoms with Gasteiger partial charge in [0.2, 0.25) is 0 Å². The Kier molecular flexibility index (Phi) is 6.83. The monoisotopic (exact) mass is 312 g/mol. The van der Waals surface area contributed by atoms with Crippen LogP contribution >= 0.6 is 0 Å². The molecular weight excluding hydrogens is 284 g/mol. The number of aliphatic hydroxyl groups excluding tert-OH is 1. The van der Waals surface area contributed by atoms with Crippen LogP contribution in [-0.4, -0.2) is 57.6 Å². The van der Waals surface area contributed by atoms with Gasteiger partial charge in [0.05, 0.1) is 12.3 Å². The van der Waals surface area contributed by atoms with E-state index in [9.17, 15) is 9.90 Å². The van der Waals surface area contributed by atoms with Gasteiger partial charge in [0, 0.05) is 37.4 Å². The lowest BCUT2D eigenvalue weighted by Crippen LogP contribution is -2.43. The van der Waals surface area contributed by atoms with Crippen LogP contribution in [0.5, 0.6) is 0 Å². The summed E-state index contributed by atoms with van der Waals surface area (Å²) in [4.78, 5) is 13.6. The zero-order chi connectivity index (χ0) is 16.8. The van der Waals surface area contributed by atoms with Crippen LogP contribution in [0, 0.1) is 6.92 Å². The molecule has 7 nitrogen and oxygen atoms in total. The van der Waals surface area contributed by atoms with Crippen molar-refractivity contribution in [2.75, 3.05) is 19.6 Å². The van der Waals surface area contributed by atoms with Crippen LogP contribution in [-0.2, 0) is 11.3 Å². The molecule has 1 aromatic heterocycles. The lowest BCUT2D eigenvalue weighted by atomic mass is 10.2. The molecule has 0 aliphatic carbocycles. The number of amides is 1. The van der Waals surface area contributed by atoms with E-state index >= 15 is 0 Å². The summed E-state index contributed by atoms with van der Waals surface area (Å²) < 4.78 is 5.36. The third-order valence-electron chi connectivity index (χ3n) is 2.94. The maximum absolute atomic E-state index is 12.1. The molecule has 1 atom stereocenters. The smallest absolute Gasteiger partial charge is 0.410 e. The number of aromatic amines is 1. The van der Waals surface area contributed by atoms with E-state index in [0.717, 1.165) is 11.3 Å². The fraction of sp³-hybridized carbons (Fsp3) is 0.733. The topological polar surface area (TPSA) is 90.5 Å². The first-order chi connectivity index (χ1) is 10.2. The Bertz CT molecular complexity index is 466. The normalized spacial score (nSPS) is 13.0. The molecule has 1 aromatic rings. The van der Waals surface area contributed by atoms with E-state index in [4.69, 9.17) is 4.74 Å². The maximum Gasteiger partial charge on any atom is 0.410 e. The molecule has 1 rings (SSSR count). The third kappa shape index (κ3) is 6.91. The number of aliphatic hydroxyl groups is 1. The standard InChI is InChI=1S/C15H28N4O3/c1-11(20)10-19(14(21)22-15(3,4)5)7-6-16-8-13-9-17-18-12(13)2/h9,11,16,20H,6-8,10H2,1-5H3,(H,17,18). The maximum atomic E-state index is 12.1. The predicted molar refractivity (Wildman–Crippen MR) is 84.5 cm³/mol. The Labute approximate surface area is 132 Å². The number of nitrogens with zero attached hydrogens (tertiary/aromatic N) is 2. The van der Waals surface area contributed by atoms with Crippen molar-refractivity contribution in [2.24, 2.45) is 0 Å². The fourth-order valence-electron chi connectivity index (χ4n) is 1.89. The number of carbonyl (C=O) groups excluding carboxylic acids is 1. The molecular formula is C15H28N4O3. The molecule has 0 saturated carbocycles. The van der Waals surface area contributed by atoms with E-state index in [0.29, 0.717) is 19.6 Å². The summed E-state index contributed by atoms with van der Waals surface area (Å²) >= 11 is 0. The second-order valence-electron chi connectivity index (χ2n) is 6.47. The predicted octanol–water partition coefficient (Wildman–Crippen LogP) is 1.43. The number of hydrogen-bond donors (Lipinski definition) is 3. The van der Waals surface area contributed by atoms with Gasteiger partial charge in [-0.05, 0) is 34.6 Å². The van der Waals surface area contributed by atoms with Gasteiger partial charge in [0.1, 0.15) is 5.60 Å². The van der Waals surface area contributed by atoms with Gasteiger partial charge < -0.3 is 20.1 Å². The highest BCUT2D eigenvalue weighted by Gasteiger charge is 2.22. The number of nitrogens with one attached hydrogen (secondary N) is 2. The SMILES string of the molecule is Cc1[nH]ncc1CNCCN(CC(C)O)C(=O)OC(C)(C)C. The van der Waals surface area contributed by atoms with Crippen LogP contribution in [0.25, 0.3) is 0 Å². The van der Waals surface area contributed by atoms with Crippen molar-refractivity contribution in [1.29, 1.82) is 0 Å². The van der Waals surface area contributed by atoms with Crippen LogP contribution in [0.4, 0.5) is 4.79 Å². The molecule has 0 fully saturated rings. The molecule has 126 valence electrons. The van der Waals surface area contributed by atoms with E-state index in [1.165, 1.54) is 4.90 Å². The molecule has 0 radical (unpaired) electrons. The summed E-state index contributed by atoms with van der Waals surface area (Å²) in [7, 11) is 0. The van der Waals surface area contributed by atoms with Gasteiger partial charge in [0.15, 0.2) is 0 Å². The number of aromatic nitrogens is 2. The van der Waals surface area contributed by atoms with Gasteiger partial charge in [0.25, 0.3) is 0 Å². The Balaban J connectivity index is 2.44. The average molecular weight is 312 g/mol. The third-order valence-corrected chi connectivity index (χ3v) is 2.94. The second-order valence-corrected chi connectivity index (χ2v) is 6.47. The van der Waals surface area contributed by atoms with Crippen molar-refractivity contribution < 1.29 is 14.6 Å². The number of H-pyrrole nitrogens is 1. The van der Waals surface area contributed by atoms with Crippen molar-refractivity contribution >= 4 is 6.09 Å². The van der Waals surface area contributed by atoms with E-state index in [-0.39, 0.29) is 6.54 Å². The highest BCUT2D eigenvalue weighted by molar-refractivity contribution is 5.68. The minimum absolute atomic E-state index is 0.251.